The lowest BCUT2D eigenvalue weighted by Crippen LogP contribution is -2.49. The summed E-state index contributed by atoms with van der Waals surface area (Å²) in [5.74, 6) is 0.679. The van der Waals surface area contributed by atoms with Crippen LogP contribution in [0.5, 0.6) is 0 Å². The molecule has 2 unspecified atom stereocenters. The molecule has 2 atom stereocenters. The first-order valence-electron chi connectivity index (χ1n) is 12.7. The second kappa shape index (κ2) is 9.79. The fourth-order valence-corrected chi connectivity index (χ4v) is 5.97. The summed E-state index contributed by atoms with van der Waals surface area (Å²) in [4.78, 5) is 42.9. The van der Waals surface area contributed by atoms with Crippen LogP contribution in [0.1, 0.15) is 49.0 Å². The van der Waals surface area contributed by atoms with Gasteiger partial charge in [0.05, 0.1) is 10.6 Å². The summed E-state index contributed by atoms with van der Waals surface area (Å²) in [6, 6.07) is 12.5. The number of amides is 2. The van der Waals surface area contributed by atoms with Gasteiger partial charge in [0, 0.05) is 49.4 Å². The molecule has 2 amide bonds. The standard InChI is InChI=1S/C27H32N4O5/c1-18-13-19(2)16-29(15-18)26(32)20-7-8-24(25(14-20)31(34)35)28-11-9-22(10-12-28)30-23-6-4-3-5-21(23)17-36-27(30)33/h3-8,14,18-19,22H,9-13,15-17H2,1-2H3. The highest BCUT2D eigenvalue weighted by Gasteiger charge is 2.35. The number of hydrogen-bond donors (Lipinski definition) is 0. The third kappa shape index (κ3) is 4.62. The predicted molar refractivity (Wildman–Crippen MR) is 136 cm³/mol. The molecule has 3 heterocycles. The highest BCUT2D eigenvalue weighted by atomic mass is 16.6. The molecule has 0 bridgehead atoms. The normalized spacial score (nSPS) is 22.7. The lowest BCUT2D eigenvalue weighted by molar-refractivity contribution is -0.384. The molecule has 0 spiro atoms. The van der Waals surface area contributed by atoms with Gasteiger partial charge in [-0.15, -0.1) is 0 Å². The zero-order valence-corrected chi connectivity index (χ0v) is 20.8. The quantitative estimate of drug-likeness (QED) is 0.448. The van der Waals surface area contributed by atoms with Crippen molar-refractivity contribution in [1.29, 1.82) is 0 Å². The molecule has 2 fully saturated rings. The number of carbonyl (C=O) groups excluding carboxylic acids is 2. The summed E-state index contributed by atoms with van der Waals surface area (Å²) < 4.78 is 5.38. The zero-order chi connectivity index (χ0) is 25.4. The average Bonchev–Trinajstić information content (AvgIpc) is 2.87. The third-order valence-corrected chi connectivity index (χ3v) is 7.54. The first-order chi connectivity index (χ1) is 17.3. The molecule has 190 valence electrons. The topological polar surface area (TPSA) is 96.2 Å². The van der Waals surface area contributed by atoms with Gasteiger partial charge in [0.2, 0.25) is 0 Å². The summed E-state index contributed by atoms with van der Waals surface area (Å²) in [7, 11) is 0. The van der Waals surface area contributed by atoms with Crippen molar-refractivity contribution in [3.8, 4) is 0 Å². The molecule has 0 saturated carbocycles. The summed E-state index contributed by atoms with van der Waals surface area (Å²) in [5.41, 5.74) is 2.67. The van der Waals surface area contributed by atoms with Gasteiger partial charge in [-0.2, -0.15) is 0 Å². The third-order valence-electron chi connectivity index (χ3n) is 7.54. The Morgan fingerprint density at radius 2 is 1.72 bits per heavy atom. The molecule has 0 radical (unpaired) electrons. The molecular weight excluding hydrogens is 460 g/mol. The first-order valence-corrected chi connectivity index (χ1v) is 12.7. The fraction of sp³-hybridized carbons (Fsp3) is 0.481. The number of hydrogen-bond acceptors (Lipinski definition) is 6. The number of nitrogens with zero attached hydrogens (tertiary/aromatic N) is 4. The highest BCUT2D eigenvalue weighted by Crippen LogP contribution is 2.36. The van der Waals surface area contributed by atoms with E-state index in [-0.39, 0.29) is 30.3 Å². The molecule has 0 N–H and O–H groups in total. The Morgan fingerprint density at radius 3 is 2.42 bits per heavy atom. The maximum atomic E-state index is 13.1. The monoisotopic (exact) mass is 492 g/mol. The Labute approximate surface area is 210 Å². The molecule has 0 aliphatic carbocycles. The van der Waals surface area contributed by atoms with Crippen molar-refractivity contribution in [1.82, 2.24) is 4.90 Å². The smallest absolute Gasteiger partial charge is 0.414 e. The molecule has 9 nitrogen and oxygen atoms in total. The molecular formula is C27H32N4O5. The van der Waals surface area contributed by atoms with Crippen molar-refractivity contribution in [3.63, 3.8) is 0 Å². The predicted octanol–water partition coefficient (Wildman–Crippen LogP) is 4.84. The van der Waals surface area contributed by atoms with Crippen LogP contribution in [0.3, 0.4) is 0 Å². The van der Waals surface area contributed by atoms with Gasteiger partial charge in [-0.25, -0.2) is 4.79 Å². The zero-order valence-electron chi connectivity index (χ0n) is 20.8. The van der Waals surface area contributed by atoms with Crippen molar-refractivity contribution >= 4 is 29.1 Å². The second-order valence-corrected chi connectivity index (χ2v) is 10.4. The van der Waals surface area contributed by atoms with Crippen molar-refractivity contribution in [2.45, 2.75) is 45.8 Å². The minimum atomic E-state index is -0.405. The molecule has 2 aromatic rings. The number of cyclic esters (lactones) is 1. The van der Waals surface area contributed by atoms with Crippen molar-refractivity contribution < 1.29 is 19.2 Å². The number of rotatable bonds is 4. The number of fused-ring (bicyclic) bond motifs is 1. The van der Waals surface area contributed by atoms with Crippen LogP contribution in [-0.4, -0.2) is 54.0 Å². The van der Waals surface area contributed by atoms with E-state index in [9.17, 15) is 19.7 Å². The van der Waals surface area contributed by atoms with Crippen LogP contribution >= 0.6 is 0 Å². The second-order valence-electron chi connectivity index (χ2n) is 10.4. The van der Waals surface area contributed by atoms with Crippen LogP contribution < -0.4 is 9.80 Å². The molecule has 2 saturated heterocycles. The van der Waals surface area contributed by atoms with Crippen LogP contribution in [0.15, 0.2) is 42.5 Å². The van der Waals surface area contributed by atoms with Crippen LogP contribution in [-0.2, 0) is 11.3 Å². The number of carbonyl (C=O) groups is 2. The van der Waals surface area contributed by atoms with E-state index in [1.807, 2.05) is 34.1 Å². The maximum Gasteiger partial charge on any atom is 0.414 e. The Bertz CT molecular complexity index is 1170. The molecule has 2 aromatic carbocycles. The number of nitro benzene ring substituents is 1. The number of nitro groups is 1. The van der Waals surface area contributed by atoms with Gasteiger partial charge in [0.15, 0.2) is 0 Å². The molecule has 0 aromatic heterocycles. The van der Waals surface area contributed by atoms with E-state index in [0.29, 0.717) is 62.1 Å². The van der Waals surface area contributed by atoms with Crippen LogP contribution in [0, 0.1) is 22.0 Å². The lowest BCUT2D eigenvalue weighted by Gasteiger charge is -2.40. The van der Waals surface area contributed by atoms with Gasteiger partial charge in [0.1, 0.15) is 12.3 Å². The number of benzene rings is 2. The Hall–Kier alpha value is -3.62. The van der Waals surface area contributed by atoms with Crippen molar-refractivity contribution in [2.75, 3.05) is 36.0 Å². The maximum absolute atomic E-state index is 13.1. The number of ether oxygens (including phenoxy) is 1. The number of anilines is 2. The Kier molecular flexibility index (Phi) is 6.55. The van der Waals surface area contributed by atoms with Gasteiger partial charge in [-0.05, 0) is 49.3 Å². The fourth-order valence-electron chi connectivity index (χ4n) is 5.97. The molecule has 36 heavy (non-hydrogen) atoms. The Morgan fingerprint density at radius 1 is 1.03 bits per heavy atom. The van der Waals surface area contributed by atoms with E-state index in [1.165, 1.54) is 6.07 Å². The van der Waals surface area contributed by atoms with E-state index >= 15 is 0 Å². The molecule has 3 aliphatic rings. The average molecular weight is 493 g/mol. The van der Waals surface area contributed by atoms with Crippen molar-refractivity contribution in [3.05, 3.63) is 63.7 Å². The SMILES string of the molecule is CC1CC(C)CN(C(=O)c2ccc(N3CCC(N4C(=O)OCc5ccccc54)CC3)c([N+](=O)[O-])c2)C1. The van der Waals surface area contributed by atoms with Crippen LogP contribution in [0.4, 0.5) is 21.9 Å². The van der Waals surface area contributed by atoms with E-state index in [2.05, 4.69) is 13.8 Å². The van der Waals surface area contributed by atoms with Crippen molar-refractivity contribution in [2.24, 2.45) is 11.8 Å². The number of para-hydroxylation sites is 1. The minimum absolute atomic E-state index is 0.0433. The molecule has 9 heteroatoms. The summed E-state index contributed by atoms with van der Waals surface area (Å²) in [6.07, 6.45) is 2.05. The number of piperidine rings is 2. The highest BCUT2D eigenvalue weighted by molar-refractivity contribution is 5.96. The van der Waals surface area contributed by atoms with Gasteiger partial charge in [-0.3, -0.25) is 19.8 Å². The summed E-state index contributed by atoms with van der Waals surface area (Å²) in [6.45, 7) is 7.01. The largest absolute Gasteiger partial charge is 0.444 e. The van der Waals surface area contributed by atoms with Crippen LogP contribution in [0.25, 0.3) is 0 Å². The van der Waals surface area contributed by atoms with E-state index in [1.54, 1.807) is 17.0 Å². The lowest BCUT2D eigenvalue weighted by atomic mass is 9.91. The minimum Gasteiger partial charge on any atom is -0.444 e. The number of likely N-dealkylation sites (tertiary alicyclic amines) is 1. The van der Waals surface area contributed by atoms with Crippen LogP contribution in [0.2, 0.25) is 0 Å². The van der Waals surface area contributed by atoms with Gasteiger partial charge in [-0.1, -0.05) is 32.0 Å². The first kappa shape index (κ1) is 24.1. The molecule has 3 aliphatic heterocycles. The Balaban J connectivity index is 1.32. The molecule has 5 rings (SSSR count). The summed E-state index contributed by atoms with van der Waals surface area (Å²) >= 11 is 0. The van der Waals surface area contributed by atoms with Gasteiger partial charge in [0.25, 0.3) is 11.6 Å². The van der Waals surface area contributed by atoms with E-state index in [0.717, 1.165) is 17.7 Å². The van der Waals surface area contributed by atoms with Gasteiger partial charge < -0.3 is 14.5 Å². The van der Waals surface area contributed by atoms with E-state index < -0.39 is 4.92 Å². The van der Waals surface area contributed by atoms with Gasteiger partial charge >= 0.3 is 6.09 Å². The summed E-state index contributed by atoms with van der Waals surface area (Å²) in [5, 5.41) is 12.0. The van der Waals surface area contributed by atoms with E-state index in [4.69, 9.17) is 4.74 Å².